The molecule has 0 saturated carbocycles. The van der Waals surface area contributed by atoms with Gasteiger partial charge in [-0.3, -0.25) is 4.89 Å². The minimum atomic E-state index is -1.41. The van der Waals surface area contributed by atoms with E-state index in [2.05, 4.69) is 4.89 Å². The first kappa shape index (κ1) is 17.6. The second-order valence-electron chi connectivity index (χ2n) is 5.73. The Morgan fingerprint density at radius 2 is 1.86 bits per heavy atom. The van der Waals surface area contributed by atoms with Crippen LogP contribution in [0, 0.1) is 0 Å². The van der Waals surface area contributed by atoms with Gasteiger partial charge in [0, 0.05) is 6.42 Å². The molecular formula is C15H21FO5. The third-order valence-corrected chi connectivity index (χ3v) is 2.57. The zero-order valence-electron chi connectivity index (χ0n) is 12.4. The first-order valence-electron chi connectivity index (χ1n) is 6.66. The van der Waals surface area contributed by atoms with Crippen LogP contribution in [0.2, 0.25) is 0 Å². The third kappa shape index (κ3) is 6.20. The molecule has 0 fully saturated rings. The Morgan fingerprint density at radius 1 is 1.29 bits per heavy atom. The van der Waals surface area contributed by atoms with Gasteiger partial charge in [0.25, 0.3) is 0 Å². The Bertz CT molecular complexity index is 452. The molecule has 6 heteroatoms. The monoisotopic (exact) mass is 300 g/mol. The molecule has 2 unspecified atom stereocenters. The standard InChI is InChI=1S/C15H21FO5/c1-15(2,3)21-20-14(19)11-6-4-10(5-7-11)13(16)8-12(18)9-17/h4-7,12-13,17-18H,8-9H2,1-3H3. The number of aliphatic hydroxyl groups is 2. The number of rotatable bonds is 6. The number of halogens is 1. The zero-order chi connectivity index (χ0) is 16.0. The molecule has 0 spiro atoms. The van der Waals surface area contributed by atoms with Crippen LogP contribution in [0.1, 0.15) is 49.3 Å². The molecule has 118 valence electrons. The molecule has 0 radical (unpaired) electrons. The van der Waals surface area contributed by atoms with Crippen molar-refractivity contribution >= 4 is 5.97 Å². The summed E-state index contributed by atoms with van der Waals surface area (Å²) in [5.41, 5.74) is -0.0613. The molecule has 1 aromatic carbocycles. The number of hydrogen-bond donors (Lipinski definition) is 2. The van der Waals surface area contributed by atoms with E-state index >= 15 is 0 Å². The molecule has 0 heterocycles. The quantitative estimate of drug-likeness (QED) is 0.623. The van der Waals surface area contributed by atoms with Crippen LogP contribution in [0.15, 0.2) is 24.3 Å². The summed E-state index contributed by atoms with van der Waals surface area (Å²) < 4.78 is 13.8. The van der Waals surface area contributed by atoms with E-state index in [1.165, 1.54) is 24.3 Å². The molecule has 0 aliphatic heterocycles. The van der Waals surface area contributed by atoms with Gasteiger partial charge < -0.3 is 10.2 Å². The van der Waals surface area contributed by atoms with Gasteiger partial charge in [0.1, 0.15) is 11.8 Å². The highest BCUT2D eigenvalue weighted by atomic mass is 19.1. The highest BCUT2D eigenvalue weighted by Crippen LogP contribution is 2.23. The van der Waals surface area contributed by atoms with Crippen molar-refractivity contribution in [3.63, 3.8) is 0 Å². The van der Waals surface area contributed by atoms with Gasteiger partial charge in [0.2, 0.25) is 0 Å². The maximum atomic E-state index is 13.8. The van der Waals surface area contributed by atoms with E-state index in [4.69, 9.17) is 9.99 Å². The fourth-order valence-corrected chi connectivity index (χ4v) is 1.49. The summed E-state index contributed by atoms with van der Waals surface area (Å²) in [4.78, 5) is 21.3. The molecule has 0 saturated heterocycles. The van der Waals surface area contributed by atoms with Crippen LogP contribution in [0.3, 0.4) is 0 Å². The van der Waals surface area contributed by atoms with Gasteiger partial charge in [0.05, 0.1) is 18.3 Å². The van der Waals surface area contributed by atoms with Crippen LogP contribution < -0.4 is 0 Å². The zero-order valence-corrected chi connectivity index (χ0v) is 12.4. The Labute approximate surface area is 123 Å². The molecule has 2 atom stereocenters. The first-order valence-corrected chi connectivity index (χ1v) is 6.66. The molecule has 0 bridgehead atoms. The Hall–Kier alpha value is -1.50. The number of alkyl halides is 1. The fraction of sp³-hybridized carbons (Fsp3) is 0.533. The molecule has 0 aromatic heterocycles. The summed E-state index contributed by atoms with van der Waals surface area (Å²) in [5, 5.41) is 17.9. The Kier molecular flexibility index (Phi) is 6.26. The molecule has 0 aliphatic carbocycles. The molecule has 0 aliphatic rings. The Balaban J connectivity index is 2.63. The number of hydrogen-bond acceptors (Lipinski definition) is 5. The van der Waals surface area contributed by atoms with Crippen molar-refractivity contribution in [3.8, 4) is 0 Å². The lowest BCUT2D eigenvalue weighted by Gasteiger charge is -2.16. The fourth-order valence-electron chi connectivity index (χ4n) is 1.49. The van der Waals surface area contributed by atoms with Crippen molar-refractivity contribution in [2.75, 3.05) is 6.61 Å². The molecule has 5 nitrogen and oxygen atoms in total. The molecule has 2 N–H and O–H groups in total. The van der Waals surface area contributed by atoms with Gasteiger partial charge in [-0.15, -0.1) is 0 Å². The minimum Gasteiger partial charge on any atom is -0.394 e. The van der Waals surface area contributed by atoms with Gasteiger partial charge in [-0.25, -0.2) is 9.18 Å². The second-order valence-corrected chi connectivity index (χ2v) is 5.73. The lowest BCUT2D eigenvalue weighted by atomic mass is 10.0. The van der Waals surface area contributed by atoms with Crippen LogP contribution in [-0.2, 0) is 9.78 Å². The topological polar surface area (TPSA) is 76.0 Å². The SMILES string of the molecule is CC(C)(C)OOC(=O)c1ccc(C(F)CC(O)CO)cc1. The predicted molar refractivity (Wildman–Crippen MR) is 74.3 cm³/mol. The van der Waals surface area contributed by atoms with Crippen molar-refractivity contribution in [2.45, 2.75) is 45.1 Å². The van der Waals surface area contributed by atoms with Crippen molar-refractivity contribution in [1.29, 1.82) is 0 Å². The van der Waals surface area contributed by atoms with Crippen LogP contribution in [0.25, 0.3) is 0 Å². The van der Waals surface area contributed by atoms with Crippen LogP contribution in [0.5, 0.6) is 0 Å². The van der Waals surface area contributed by atoms with E-state index < -0.39 is 30.5 Å². The lowest BCUT2D eigenvalue weighted by molar-refractivity contribution is -0.301. The van der Waals surface area contributed by atoms with Gasteiger partial charge in [-0.05, 0) is 38.5 Å². The normalized spacial score (nSPS) is 14.6. The number of benzene rings is 1. The minimum absolute atomic E-state index is 0.201. The predicted octanol–water partition coefficient (Wildman–Crippen LogP) is 2.33. The summed E-state index contributed by atoms with van der Waals surface area (Å²) in [5.74, 6) is -0.665. The van der Waals surface area contributed by atoms with E-state index in [9.17, 15) is 14.3 Å². The lowest BCUT2D eigenvalue weighted by Crippen LogP contribution is -2.22. The van der Waals surface area contributed by atoms with E-state index in [-0.39, 0.29) is 12.0 Å². The molecular weight excluding hydrogens is 279 g/mol. The maximum absolute atomic E-state index is 13.8. The third-order valence-electron chi connectivity index (χ3n) is 2.57. The van der Waals surface area contributed by atoms with Crippen molar-refractivity contribution < 1.29 is 29.2 Å². The Morgan fingerprint density at radius 3 is 2.33 bits per heavy atom. The van der Waals surface area contributed by atoms with Gasteiger partial charge in [-0.2, -0.15) is 4.89 Å². The van der Waals surface area contributed by atoms with Crippen molar-refractivity contribution in [3.05, 3.63) is 35.4 Å². The largest absolute Gasteiger partial charge is 0.394 e. The van der Waals surface area contributed by atoms with E-state index in [0.29, 0.717) is 5.56 Å². The average molecular weight is 300 g/mol. The highest BCUT2D eigenvalue weighted by molar-refractivity contribution is 5.88. The maximum Gasteiger partial charge on any atom is 0.373 e. The number of carbonyl (C=O) groups excluding carboxylic acids is 1. The van der Waals surface area contributed by atoms with Crippen LogP contribution in [0.4, 0.5) is 4.39 Å². The molecule has 1 rings (SSSR count). The van der Waals surface area contributed by atoms with Gasteiger partial charge >= 0.3 is 5.97 Å². The van der Waals surface area contributed by atoms with Gasteiger partial charge in [0.15, 0.2) is 0 Å². The summed E-state index contributed by atoms with van der Waals surface area (Å²) in [6, 6.07) is 5.70. The number of aliphatic hydroxyl groups excluding tert-OH is 2. The molecule has 0 amide bonds. The highest BCUT2D eigenvalue weighted by Gasteiger charge is 2.18. The second kappa shape index (κ2) is 7.49. The van der Waals surface area contributed by atoms with Crippen molar-refractivity contribution in [1.82, 2.24) is 0 Å². The molecule has 1 aromatic rings. The average Bonchev–Trinajstić information content (AvgIpc) is 2.43. The van der Waals surface area contributed by atoms with E-state index in [0.717, 1.165) is 0 Å². The van der Waals surface area contributed by atoms with Crippen molar-refractivity contribution in [2.24, 2.45) is 0 Å². The summed E-state index contributed by atoms with van der Waals surface area (Å²) in [6.45, 7) is 4.73. The van der Waals surface area contributed by atoms with Gasteiger partial charge in [-0.1, -0.05) is 12.1 Å². The summed E-state index contributed by atoms with van der Waals surface area (Å²) >= 11 is 0. The van der Waals surface area contributed by atoms with Crippen LogP contribution >= 0.6 is 0 Å². The molecule has 21 heavy (non-hydrogen) atoms. The number of carbonyl (C=O) groups is 1. The van der Waals surface area contributed by atoms with E-state index in [1.807, 2.05) is 0 Å². The first-order chi connectivity index (χ1) is 9.73. The summed E-state index contributed by atoms with van der Waals surface area (Å²) in [7, 11) is 0. The van der Waals surface area contributed by atoms with E-state index in [1.54, 1.807) is 20.8 Å². The van der Waals surface area contributed by atoms with Crippen LogP contribution in [-0.4, -0.2) is 34.5 Å². The summed E-state index contributed by atoms with van der Waals surface area (Å²) in [6.07, 6.45) is -2.72. The smallest absolute Gasteiger partial charge is 0.373 e.